The molecule has 0 radical (unpaired) electrons. The summed E-state index contributed by atoms with van der Waals surface area (Å²) in [6.07, 6.45) is 8.95. The molecule has 2 heteroatoms. The first-order valence-corrected chi connectivity index (χ1v) is 6.52. The van der Waals surface area contributed by atoms with Crippen LogP contribution in [0, 0.1) is 11.3 Å². The number of fused-ring (bicyclic) bond motifs is 2. The lowest BCUT2D eigenvalue weighted by atomic mass is 9.56. The maximum atomic E-state index is 5.96. The SMILES string of the molecule is BrC1C2CCCOC2C12CCCC2. The second kappa shape index (κ2) is 2.96. The van der Waals surface area contributed by atoms with E-state index in [1.165, 1.54) is 38.5 Å². The van der Waals surface area contributed by atoms with Crippen LogP contribution in [0.5, 0.6) is 0 Å². The van der Waals surface area contributed by atoms with Crippen LogP contribution >= 0.6 is 15.9 Å². The van der Waals surface area contributed by atoms with E-state index in [0.717, 1.165) is 17.4 Å². The number of ether oxygens (including phenoxy) is 1. The zero-order chi connectivity index (χ0) is 8.89. The smallest absolute Gasteiger partial charge is 0.0681 e. The molecule has 0 aromatic heterocycles. The van der Waals surface area contributed by atoms with Crippen molar-refractivity contribution in [3.05, 3.63) is 0 Å². The van der Waals surface area contributed by atoms with Gasteiger partial charge < -0.3 is 4.74 Å². The summed E-state index contributed by atoms with van der Waals surface area (Å²) in [5, 5.41) is 0. The first-order chi connectivity index (χ1) is 6.34. The van der Waals surface area contributed by atoms with E-state index in [1.54, 1.807) is 0 Å². The molecule has 2 saturated carbocycles. The summed E-state index contributed by atoms with van der Waals surface area (Å²) < 4.78 is 5.96. The van der Waals surface area contributed by atoms with Gasteiger partial charge in [-0.25, -0.2) is 0 Å². The van der Waals surface area contributed by atoms with Crippen LogP contribution in [0.15, 0.2) is 0 Å². The lowest BCUT2D eigenvalue weighted by molar-refractivity contribution is -0.172. The summed E-state index contributed by atoms with van der Waals surface area (Å²) in [4.78, 5) is 0.771. The lowest BCUT2D eigenvalue weighted by Crippen LogP contribution is -2.63. The van der Waals surface area contributed by atoms with Crippen molar-refractivity contribution in [2.24, 2.45) is 11.3 Å². The standard InChI is InChI=1S/C11H17BrO/c12-9-8-4-3-7-13-10(8)11(9)5-1-2-6-11/h8-10H,1-7H2. The Hall–Kier alpha value is 0.440. The maximum Gasteiger partial charge on any atom is 0.0681 e. The molecule has 0 N–H and O–H groups in total. The zero-order valence-electron chi connectivity index (χ0n) is 7.97. The van der Waals surface area contributed by atoms with Crippen molar-refractivity contribution in [3.63, 3.8) is 0 Å². The van der Waals surface area contributed by atoms with Crippen molar-refractivity contribution in [2.75, 3.05) is 6.61 Å². The minimum absolute atomic E-state index is 0.561. The predicted molar refractivity (Wildman–Crippen MR) is 56.1 cm³/mol. The molecule has 1 heterocycles. The van der Waals surface area contributed by atoms with Gasteiger partial charge >= 0.3 is 0 Å². The Morgan fingerprint density at radius 3 is 2.69 bits per heavy atom. The van der Waals surface area contributed by atoms with Crippen LogP contribution < -0.4 is 0 Å². The Morgan fingerprint density at radius 2 is 1.92 bits per heavy atom. The van der Waals surface area contributed by atoms with Crippen LogP contribution in [-0.4, -0.2) is 17.5 Å². The van der Waals surface area contributed by atoms with Gasteiger partial charge in [0.05, 0.1) is 6.10 Å². The molecule has 1 nitrogen and oxygen atoms in total. The summed E-state index contributed by atoms with van der Waals surface area (Å²) in [6, 6.07) is 0. The number of hydrogen-bond donors (Lipinski definition) is 0. The largest absolute Gasteiger partial charge is 0.377 e. The quantitative estimate of drug-likeness (QED) is 0.596. The van der Waals surface area contributed by atoms with Crippen molar-refractivity contribution in [1.82, 2.24) is 0 Å². The third-order valence-electron chi connectivity index (χ3n) is 4.39. The van der Waals surface area contributed by atoms with Crippen molar-refractivity contribution < 1.29 is 4.74 Å². The van der Waals surface area contributed by atoms with Gasteiger partial charge in [0.1, 0.15) is 0 Å². The van der Waals surface area contributed by atoms with Gasteiger partial charge in [0, 0.05) is 16.8 Å². The Kier molecular flexibility index (Phi) is 1.99. The second-order valence-electron chi connectivity index (χ2n) is 4.94. The molecule has 0 bridgehead atoms. The van der Waals surface area contributed by atoms with Gasteiger partial charge in [0.15, 0.2) is 0 Å². The van der Waals surface area contributed by atoms with Crippen LogP contribution in [0.2, 0.25) is 0 Å². The van der Waals surface area contributed by atoms with Crippen LogP contribution in [0.25, 0.3) is 0 Å². The van der Waals surface area contributed by atoms with Gasteiger partial charge in [-0.1, -0.05) is 28.8 Å². The van der Waals surface area contributed by atoms with Crippen molar-refractivity contribution in [3.8, 4) is 0 Å². The van der Waals surface area contributed by atoms with Gasteiger partial charge in [-0.05, 0) is 31.6 Å². The highest BCUT2D eigenvalue weighted by Gasteiger charge is 2.62. The lowest BCUT2D eigenvalue weighted by Gasteiger charge is -2.59. The Bertz CT molecular complexity index is 210. The molecule has 74 valence electrons. The molecule has 1 saturated heterocycles. The third-order valence-corrected chi connectivity index (χ3v) is 5.99. The van der Waals surface area contributed by atoms with E-state index in [0.29, 0.717) is 11.5 Å². The van der Waals surface area contributed by atoms with Crippen molar-refractivity contribution in [2.45, 2.75) is 49.5 Å². The van der Waals surface area contributed by atoms with Crippen molar-refractivity contribution in [1.29, 1.82) is 0 Å². The van der Waals surface area contributed by atoms with E-state index in [2.05, 4.69) is 15.9 Å². The van der Waals surface area contributed by atoms with Crippen LogP contribution in [0.3, 0.4) is 0 Å². The highest BCUT2D eigenvalue weighted by atomic mass is 79.9. The van der Waals surface area contributed by atoms with Gasteiger partial charge in [0.2, 0.25) is 0 Å². The molecule has 2 aliphatic carbocycles. The van der Waals surface area contributed by atoms with E-state index in [1.807, 2.05) is 0 Å². The van der Waals surface area contributed by atoms with Crippen LogP contribution in [0.4, 0.5) is 0 Å². The fraction of sp³-hybridized carbons (Fsp3) is 1.00. The molecular formula is C11H17BrO. The number of alkyl halides is 1. The molecule has 0 aromatic carbocycles. The molecule has 0 amide bonds. The van der Waals surface area contributed by atoms with Crippen molar-refractivity contribution >= 4 is 15.9 Å². The average molecular weight is 245 g/mol. The van der Waals surface area contributed by atoms with E-state index in [4.69, 9.17) is 4.74 Å². The highest BCUT2D eigenvalue weighted by Crippen LogP contribution is 2.62. The van der Waals surface area contributed by atoms with Gasteiger partial charge in [-0.15, -0.1) is 0 Å². The fourth-order valence-electron chi connectivity index (χ4n) is 3.75. The predicted octanol–water partition coefficient (Wildman–Crippen LogP) is 3.12. The van der Waals surface area contributed by atoms with E-state index in [9.17, 15) is 0 Å². The number of halogens is 1. The summed E-state index contributed by atoms with van der Waals surface area (Å²) >= 11 is 3.91. The molecule has 3 unspecified atom stereocenters. The molecule has 1 spiro atoms. The highest BCUT2D eigenvalue weighted by molar-refractivity contribution is 9.09. The molecule has 3 fully saturated rings. The molecule has 3 atom stereocenters. The fourth-order valence-corrected chi connectivity index (χ4v) is 5.01. The van der Waals surface area contributed by atoms with Gasteiger partial charge in [0.25, 0.3) is 0 Å². The molecule has 1 aliphatic heterocycles. The first-order valence-electron chi connectivity index (χ1n) is 5.60. The normalized spacial score (nSPS) is 47.3. The summed E-state index contributed by atoms with van der Waals surface area (Å²) in [5.41, 5.74) is 0.561. The Labute approximate surface area is 88.4 Å². The number of hydrogen-bond acceptors (Lipinski definition) is 1. The Balaban J connectivity index is 1.82. The van der Waals surface area contributed by atoms with E-state index >= 15 is 0 Å². The van der Waals surface area contributed by atoms with Crippen LogP contribution in [-0.2, 0) is 4.74 Å². The average Bonchev–Trinajstić information content (AvgIpc) is 2.68. The minimum Gasteiger partial charge on any atom is -0.377 e. The maximum absolute atomic E-state index is 5.96. The first kappa shape index (κ1) is 8.72. The minimum atomic E-state index is 0.561. The number of rotatable bonds is 0. The van der Waals surface area contributed by atoms with E-state index < -0.39 is 0 Å². The van der Waals surface area contributed by atoms with E-state index in [-0.39, 0.29) is 0 Å². The topological polar surface area (TPSA) is 9.23 Å². The Morgan fingerprint density at radius 1 is 1.15 bits per heavy atom. The molecular weight excluding hydrogens is 228 g/mol. The molecule has 13 heavy (non-hydrogen) atoms. The summed E-state index contributed by atoms with van der Waals surface area (Å²) in [6.45, 7) is 1.02. The molecule has 3 rings (SSSR count). The zero-order valence-corrected chi connectivity index (χ0v) is 9.55. The second-order valence-corrected chi connectivity index (χ2v) is 5.93. The summed E-state index contributed by atoms with van der Waals surface area (Å²) in [7, 11) is 0. The van der Waals surface area contributed by atoms with Crippen LogP contribution in [0.1, 0.15) is 38.5 Å². The molecule has 0 aromatic rings. The third kappa shape index (κ3) is 1.02. The van der Waals surface area contributed by atoms with Gasteiger partial charge in [-0.2, -0.15) is 0 Å². The van der Waals surface area contributed by atoms with Gasteiger partial charge in [-0.3, -0.25) is 0 Å². The monoisotopic (exact) mass is 244 g/mol. The summed E-state index contributed by atoms with van der Waals surface area (Å²) in [5.74, 6) is 0.840. The molecule has 3 aliphatic rings.